The van der Waals surface area contributed by atoms with Gasteiger partial charge in [0.15, 0.2) is 0 Å². The van der Waals surface area contributed by atoms with E-state index in [4.69, 9.17) is 5.73 Å². The normalized spacial score (nSPS) is 19.2. The lowest BCUT2D eigenvalue weighted by atomic mass is 9.82. The van der Waals surface area contributed by atoms with E-state index in [-0.39, 0.29) is 0 Å². The molecule has 94 valence electrons. The third kappa shape index (κ3) is 3.53. The Hall–Kier alpha value is -0.890. The summed E-state index contributed by atoms with van der Waals surface area (Å²) in [6.45, 7) is 0.657. The van der Waals surface area contributed by atoms with Crippen molar-refractivity contribution in [3.8, 4) is 0 Å². The minimum atomic E-state index is -0.959. The van der Waals surface area contributed by atoms with E-state index in [0.29, 0.717) is 13.0 Å². The predicted octanol–water partition coefficient (Wildman–Crippen LogP) is 3.40. The Morgan fingerprint density at radius 1 is 1.12 bits per heavy atom. The van der Waals surface area contributed by atoms with Crippen molar-refractivity contribution in [3.05, 3.63) is 35.4 Å². The number of rotatable bonds is 4. The van der Waals surface area contributed by atoms with Crippen LogP contribution in [-0.2, 0) is 12.8 Å². The highest BCUT2D eigenvalue weighted by Gasteiger charge is 2.31. The summed E-state index contributed by atoms with van der Waals surface area (Å²) in [6, 6.07) is 8.24. The molecule has 2 rings (SSSR count). The van der Waals surface area contributed by atoms with Gasteiger partial charge in [-0.2, -0.15) is 0 Å². The average molecular weight is 235 g/mol. The van der Waals surface area contributed by atoms with Crippen LogP contribution < -0.4 is 5.73 Å². The fourth-order valence-corrected chi connectivity index (χ4v) is 2.79. The van der Waals surface area contributed by atoms with Gasteiger partial charge >= 0.3 is 0 Å². The van der Waals surface area contributed by atoms with E-state index in [0.717, 1.165) is 37.7 Å². The highest BCUT2D eigenvalue weighted by atomic mass is 19.1. The van der Waals surface area contributed by atoms with Crippen LogP contribution in [0.5, 0.6) is 0 Å². The lowest BCUT2D eigenvalue weighted by Gasteiger charge is -2.29. The van der Waals surface area contributed by atoms with Gasteiger partial charge in [-0.1, -0.05) is 43.5 Å². The van der Waals surface area contributed by atoms with Crippen molar-refractivity contribution in [2.24, 2.45) is 5.73 Å². The van der Waals surface area contributed by atoms with Gasteiger partial charge in [0.05, 0.1) is 0 Å². The summed E-state index contributed by atoms with van der Waals surface area (Å²) in [5.74, 6) is 0. The molecule has 1 aromatic carbocycles. The molecule has 1 aromatic rings. The van der Waals surface area contributed by atoms with E-state index < -0.39 is 5.67 Å². The maximum atomic E-state index is 14.6. The minimum Gasteiger partial charge on any atom is -0.330 e. The van der Waals surface area contributed by atoms with Crippen molar-refractivity contribution in [1.82, 2.24) is 0 Å². The summed E-state index contributed by atoms with van der Waals surface area (Å²) in [4.78, 5) is 0. The maximum absolute atomic E-state index is 14.6. The van der Waals surface area contributed by atoms with Crippen LogP contribution in [0.2, 0.25) is 0 Å². The van der Waals surface area contributed by atoms with E-state index in [1.54, 1.807) is 0 Å². The van der Waals surface area contributed by atoms with Crippen LogP contribution in [0, 0.1) is 0 Å². The lowest BCUT2D eigenvalue weighted by molar-refractivity contribution is 0.107. The van der Waals surface area contributed by atoms with Crippen LogP contribution in [0.1, 0.15) is 43.2 Å². The van der Waals surface area contributed by atoms with Crippen LogP contribution in [0.4, 0.5) is 4.39 Å². The molecule has 1 nitrogen and oxygen atoms in total. The Morgan fingerprint density at radius 3 is 2.53 bits per heavy atom. The van der Waals surface area contributed by atoms with Crippen molar-refractivity contribution in [2.45, 2.75) is 50.6 Å². The summed E-state index contributed by atoms with van der Waals surface area (Å²) in [5.41, 5.74) is 6.94. The maximum Gasteiger partial charge on any atom is 0.115 e. The molecule has 0 heterocycles. The number of alkyl halides is 1. The molecule has 0 unspecified atom stereocenters. The third-order valence-electron chi connectivity index (χ3n) is 3.69. The van der Waals surface area contributed by atoms with E-state index in [1.165, 1.54) is 12.0 Å². The molecule has 17 heavy (non-hydrogen) atoms. The topological polar surface area (TPSA) is 26.0 Å². The zero-order chi connectivity index (χ0) is 12.1. The molecular weight excluding hydrogens is 213 g/mol. The second-order valence-corrected chi connectivity index (χ2v) is 5.25. The van der Waals surface area contributed by atoms with Crippen LogP contribution in [0.15, 0.2) is 24.3 Å². The second-order valence-electron chi connectivity index (χ2n) is 5.25. The van der Waals surface area contributed by atoms with E-state index in [2.05, 4.69) is 12.1 Å². The van der Waals surface area contributed by atoms with Crippen molar-refractivity contribution in [2.75, 3.05) is 6.54 Å². The average Bonchev–Trinajstić information content (AvgIpc) is 2.30. The van der Waals surface area contributed by atoms with Crippen molar-refractivity contribution in [3.63, 3.8) is 0 Å². The van der Waals surface area contributed by atoms with Gasteiger partial charge in [0.25, 0.3) is 0 Å². The van der Waals surface area contributed by atoms with Crippen LogP contribution >= 0.6 is 0 Å². The molecule has 0 bridgehead atoms. The van der Waals surface area contributed by atoms with Crippen molar-refractivity contribution < 1.29 is 4.39 Å². The monoisotopic (exact) mass is 235 g/mol. The molecule has 0 aromatic heterocycles. The first-order valence-electron chi connectivity index (χ1n) is 6.69. The Balaban J connectivity index is 2.04. The molecule has 0 amide bonds. The third-order valence-corrected chi connectivity index (χ3v) is 3.69. The van der Waals surface area contributed by atoms with Crippen molar-refractivity contribution in [1.29, 1.82) is 0 Å². The Labute approximate surface area is 103 Å². The molecule has 0 radical (unpaired) electrons. The van der Waals surface area contributed by atoms with Crippen LogP contribution in [-0.4, -0.2) is 12.2 Å². The van der Waals surface area contributed by atoms with Crippen molar-refractivity contribution >= 4 is 0 Å². The Kier molecular flexibility index (Phi) is 4.16. The predicted molar refractivity (Wildman–Crippen MR) is 69.8 cm³/mol. The van der Waals surface area contributed by atoms with Crippen LogP contribution in [0.25, 0.3) is 0 Å². The quantitative estimate of drug-likeness (QED) is 0.850. The molecular formula is C15H22FN. The van der Waals surface area contributed by atoms with Gasteiger partial charge in [0, 0.05) is 6.42 Å². The van der Waals surface area contributed by atoms with Gasteiger partial charge in [0.2, 0.25) is 0 Å². The standard InChI is InChI=1S/C15H22FN/c16-15(8-2-1-3-9-15)12-14-6-4-5-13(11-14)7-10-17/h4-6,11H,1-3,7-10,12,17H2. The molecule has 1 aliphatic rings. The van der Waals surface area contributed by atoms with Gasteiger partial charge in [-0.25, -0.2) is 4.39 Å². The Bertz CT molecular complexity index is 356. The molecule has 0 saturated heterocycles. The SMILES string of the molecule is NCCc1cccc(CC2(F)CCCCC2)c1. The summed E-state index contributed by atoms with van der Waals surface area (Å²) < 4.78 is 14.6. The number of nitrogens with two attached hydrogens (primary N) is 1. The van der Waals surface area contributed by atoms with Gasteiger partial charge in [-0.15, -0.1) is 0 Å². The van der Waals surface area contributed by atoms with E-state index >= 15 is 0 Å². The molecule has 0 atom stereocenters. The first-order chi connectivity index (χ1) is 8.22. The fraction of sp³-hybridized carbons (Fsp3) is 0.600. The molecule has 0 aliphatic heterocycles. The molecule has 2 heteroatoms. The minimum absolute atomic E-state index is 0.575. The zero-order valence-electron chi connectivity index (χ0n) is 10.4. The summed E-state index contributed by atoms with van der Waals surface area (Å²) in [5, 5.41) is 0. The molecule has 0 spiro atoms. The smallest absolute Gasteiger partial charge is 0.115 e. The first-order valence-corrected chi connectivity index (χ1v) is 6.69. The largest absolute Gasteiger partial charge is 0.330 e. The zero-order valence-corrected chi connectivity index (χ0v) is 10.4. The molecule has 1 saturated carbocycles. The highest BCUT2D eigenvalue weighted by Crippen LogP contribution is 2.34. The first kappa shape index (κ1) is 12.6. The van der Waals surface area contributed by atoms with Gasteiger partial charge in [-0.05, 0) is 36.9 Å². The number of halogens is 1. The molecule has 1 aliphatic carbocycles. The van der Waals surface area contributed by atoms with Crippen LogP contribution in [0.3, 0.4) is 0 Å². The Morgan fingerprint density at radius 2 is 1.82 bits per heavy atom. The van der Waals surface area contributed by atoms with E-state index in [1.807, 2.05) is 12.1 Å². The van der Waals surface area contributed by atoms with Gasteiger partial charge in [-0.3, -0.25) is 0 Å². The van der Waals surface area contributed by atoms with Gasteiger partial charge in [0.1, 0.15) is 5.67 Å². The number of hydrogen-bond acceptors (Lipinski definition) is 1. The van der Waals surface area contributed by atoms with Gasteiger partial charge < -0.3 is 5.73 Å². The summed E-state index contributed by atoms with van der Waals surface area (Å²) in [6.07, 6.45) is 6.19. The molecule has 1 fully saturated rings. The number of hydrogen-bond donors (Lipinski definition) is 1. The number of benzene rings is 1. The second kappa shape index (κ2) is 5.63. The summed E-state index contributed by atoms with van der Waals surface area (Å²) >= 11 is 0. The summed E-state index contributed by atoms with van der Waals surface area (Å²) in [7, 11) is 0. The highest BCUT2D eigenvalue weighted by molar-refractivity contribution is 5.25. The molecule has 2 N–H and O–H groups in total. The van der Waals surface area contributed by atoms with E-state index in [9.17, 15) is 4.39 Å². The lowest BCUT2D eigenvalue weighted by Crippen LogP contribution is -2.28. The fourth-order valence-electron chi connectivity index (χ4n) is 2.79.